The second kappa shape index (κ2) is 5.48. The molecule has 0 aliphatic carbocycles. The van der Waals surface area contributed by atoms with Crippen molar-refractivity contribution < 1.29 is 17.0 Å². The number of alkyl halides is 1. The van der Waals surface area contributed by atoms with Gasteiger partial charge in [-0.15, -0.1) is 11.6 Å². The van der Waals surface area contributed by atoms with E-state index >= 15 is 0 Å². The molecule has 2 aromatic rings. The molecule has 0 spiro atoms. The van der Waals surface area contributed by atoms with Gasteiger partial charge in [0.15, 0.2) is 0 Å². The van der Waals surface area contributed by atoms with Gasteiger partial charge in [0.25, 0.3) is 0 Å². The van der Waals surface area contributed by atoms with Gasteiger partial charge >= 0.3 is 5.97 Å². The molecule has 0 bridgehead atoms. The smallest absolute Gasteiger partial charge is 0.338 e. The van der Waals surface area contributed by atoms with Gasteiger partial charge in [-0.05, 0) is 19.1 Å². The number of rotatable bonds is 4. The maximum Gasteiger partial charge on any atom is 0.338 e. The Hall–Kier alpha value is -1.75. The van der Waals surface area contributed by atoms with Crippen LogP contribution in [0.2, 0.25) is 0 Å². The Morgan fingerprint density at radius 2 is 2.32 bits per heavy atom. The predicted octanol–water partition coefficient (Wildman–Crippen LogP) is 2.50. The number of hydrogen-bond donors (Lipinski definition) is 0. The topological polar surface area (TPSA) is 53.4 Å². The number of esters is 1. The van der Waals surface area contributed by atoms with Gasteiger partial charge in [0, 0.05) is 7.05 Å². The van der Waals surface area contributed by atoms with Crippen molar-refractivity contribution in [1.82, 2.24) is 9.55 Å². The summed E-state index contributed by atoms with van der Waals surface area (Å²) in [6.45, 7) is -0.630. The molecule has 1 aromatic carbocycles. The molecule has 0 N–H and O–H groups in total. The summed E-state index contributed by atoms with van der Waals surface area (Å²) < 4.78 is 26.8. The van der Waals surface area contributed by atoms with E-state index in [1.807, 2.05) is 0 Å². The number of nitrogens with zero attached hydrogens (tertiary/aromatic N) is 2. The lowest BCUT2D eigenvalue weighted by Crippen LogP contribution is -2.03. The van der Waals surface area contributed by atoms with Gasteiger partial charge < -0.3 is 14.0 Å². The zero-order chi connectivity index (χ0) is 15.8. The molecule has 2 rings (SSSR count). The van der Waals surface area contributed by atoms with E-state index in [1.165, 1.54) is 20.1 Å². The Morgan fingerprint density at radius 3 is 2.89 bits per heavy atom. The molecular weight excluding hydrogens is 268 g/mol. The van der Waals surface area contributed by atoms with Crippen LogP contribution in [0, 0.1) is 0 Å². The van der Waals surface area contributed by atoms with Gasteiger partial charge in [0.1, 0.15) is 17.1 Å². The van der Waals surface area contributed by atoms with Crippen LogP contribution in [-0.2, 0) is 17.7 Å². The third-order valence-corrected chi connectivity index (χ3v) is 3.04. The number of aryl methyl sites for hydroxylation is 1. The van der Waals surface area contributed by atoms with Gasteiger partial charge in [-0.25, -0.2) is 9.78 Å². The monoisotopic (exact) mass is 284 g/mol. The van der Waals surface area contributed by atoms with Crippen LogP contribution in [0.1, 0.15) is 25.8 Å². The van der Waals surface area contributed by atoms with Crippen LogP contribution in [0.25, 0.3) is 11.0 Å². The molecule has 0 fully saturated rings. The molecule has 1 heterocycles. The molecule has 0 unspecified atom stereocenters. The molecule has 0 amide bonds. The van der Waals surface area contributed by atoms with Crippen LogP contribution in [-0.4, -0.2) is 29.2 Å². The molecule has 6 heteroatoms. The number of benzene rings is 1. The average molecular weight is 285 g/mol. The molecule has 0 aliphatic heterocycles. The van der Waals surface area contributed by atoms with Crippen molar-refractivity contribution in [3.05, 3.63) is 23.5 Å². The Bertz CT molecular complexity index is 695. The lowest BCUT2D eigenvalue weighted by Gasteiger charge is -2.07. The number of carbonyl (C=O) groups is 1. The van der Waals surface area contributed by atoms with Crippen LogP contribution in [0.5, 0.6) is 5.75 Å². The fourth-order valence-electron chi connectivity index (χ4n) is 1.85. The van der Waals surface area contributed by atoms with Gasteiger partial charge in [0.05, 0.1) is 33.4 Å². The van der Waals surface area contributed by atoms with Crippen molar-refractivity contribution in [2.24, 2.45) is 7.05 Å². The van der Waals surface area contributed by atoms with Crippen LogP contribution in [0.15, 0.2) is 12.1 Å². The highest BCUT2D eigenvalue weighted by molar-refractivity contribution is 6.17. The molecule has 0 radical (unpaired) electrons. The van der Waals surface area contributed by atoms with Crippen LogP contribution in [0.4, 0.5) is 0 Å². The van der Waals surface area contributed by atoms with Crippen molar-refractivity contribution >= 4 is 28.6 Å². The first-order valence-electron chi connectivity index (χ1n) is 6.59. The minimum atomic E-state index is -1.90. The lowest BCUT2D eigenvalue weighted by atomic mass is 10.2. The van der Waals surface area contributed by atoms with E-state index in [9.17, 15) is 4.79 Å². The van der Waals surface area contributed by atoms with Crippen molar-refractivity contribution in [2.75, 3.05) is 13.7 Å². The molecule has 5 nitrogen and oxygen atoms in total. The molecule has 0 saturated heterocycles. The van der Waals surface area contributed by atoms with Gasteiger partial charge in [-0.2, -0.15) is 0 Å². The zero-order valence-electron chi connectivity index (χ0n) is 12.9. The van der Waals surface area contributed by atoms with E-state index in [2.05, 4.69) is 4.98 Å². The van der Waals surface area contributed by atoms with Crippen LogP contribution in [0.3, 0.4) is 0 Å². The largest absolute Gasteiger partial charge is 0.492 e. The molecule has 1 aromatic heterocycles. The third kappa shape index (κ3) is 2.38. The van der Waals surface area contributed by atoms with Gasteiger partial charge in [-0.1, -0.05) is 0 Å². The fraction of sp³-hybridized carbons (Fsp3) is 0.385. The second-order valence-corrected chi connectivity index (χ2v) is 4.13. The highest BCUT2D eigenvalue weighted by Crippen LogP contribution is 2.28. The maximum absolute atomic E-state index is 11.7. The number of carbonyl (C=O) groups excluding carboxylic acids is 1. The first kappa shape index (κ1) is 11.1. The quantitative estimate of drug-likeness (QED) is 0.639. The van der Waals surface area contributed by atoms with E-state index in [1.54, 1.807) is 17.7 Å². The summed E-state index contributed by atoms with van der Waals surface area (Å²) in [6, 6.07) is 3.03. The summed E-state index contributed by atoms with van der Waals surface area (Å²) in [7, 11) is 3.04. The normalized spacial score (nSPS) is 13.1. The SMILES string of the molecule is [2H]C([2H])(C)Oc1cc(C(=O)OC)cc2c1nc(CCl)n2C. The predicted molar refractivity (Wildman–Crippen MR) is 72.8 cm³/mol. The first-order chi connectivity index (χ1) is 9.76. The van der Waals surface area contributed by atoms with Crippen molar-refractivity contribution in [1.29, 1.82) is 0 Å². The van der Waals surface area contributed by atoms with E-state index in [-0.39, 0.29) is 17.2 Å². The Kier molecular flexibility index (Phi) is 3.21. The summed E-state index contributed by atoms with van der Waals surface area (Å²) in [5.74, 6) is 0.423. The number of hydrogen-bond acceptors (Lipinski definition) is 4. The lowest BCUT2D eigenvalue weighted by molar-refractivity contribution is 0.0600. The summed E-state index contributed by atoms with van der Waals surface area (Å²) in [6.07, 6.45) is 0. The summed E-state index contributed by atoms with van der Waals surface area (Å²) in [5, 5.41) is 0. The first-order valence-corrected chi connectivity index (χ1v) is 6.13. The minimum Gasteiger partial charge on any atom is -0.492 e. The number of halogens is 1. The van der Waals surface area contributed by atoms with Crippen LogP contribution < -0.4 is 4.74 Å². The standard InChI is InChI=1S/C13H15ClN2O3/c1-4-19-10-6-8(13(17)18-3)5-9-12(10)15-11(7-14)16(9)2/h5-6H,4,7H2,1-3H3/i4D2. The Morgan fingerprint density at radius 1 is 1.58 bits per heavy atom. The number of fused-ring (bicyclic) bond motifs is 1. The molecule has 0 aliphatic rings. The highest BCUT2D eigenvalue weighted by Gasteiger charge is 2.16. The number of imidazole rings is 1. The second-order valence-electron chi connectivity index (χ2n) is 3.86. The molecule has 0 saturated carbocycles. The van der Waals surface area contributed by atoms with Crippen molar-refractivity contribution in [3.63, 3.8) is 0 Å². The van der Waals surface area contributed by atoms with Gasteiger partial charge in [-0.3, -0.25) is 0 Å². The number of ether oxygens (including phenoxy) is 2. The number of aromatic nitrogens is 2. The molecule has 102 valence electrons. The number of methoxy groups -OCH3 is 1. The van der Waals surface area contributed by atoms with E-state index < -0.39 is 12.5 Å². The van der Waals surface area contributed by atoms with Crippen molar-refractivity contribution in [2.45, 2.75) is 12.8 Å². The summed E-state index contributed by atoms with van der Waals surface area (Å²) in [4.78, 5) is 16.1. The van der Waals surface area contributed by atoms with Crippen molar-refractivity contribution in [3.8, 4) is 5.75 Å². The molecule has 19 heavy (non-hydrogen) atoms. The fourth-order valence-corrected chi connectivity index (χ4v) is 2.09. The Labute approximate surface area is 118 Å². The maximum atomic E-state index is 11.7. The van der Waals surface area contributed by atoms with Crippen LogP contribution >= 0.6 is 11.6 Å². The summed E-state index contributed by atoms with van der Waals surface area (Å²) in [5.41, 5.74) is 1.33. The molecular formula is C13H15ClN2O3. The third-order valence-electron chi connectivity index (χ3n) is 2.80. The van der Waals surface area contributed by atoms with E-state index in [0.717, 1.165) is 0 Å². The van der Waals surface area contributed by atoms with E-state index in [0.29, 0.717) is 16.9 Å². The molecule has 0 atom stereocenters. The highest BCUT2D eigenvalue weighted by atomic mass is 35.5. The summed E-state index contributed by atoms with van der Waals surface area (Å²) >= 11 is 5.83. The van der Waals surface area contributed by atoms with Gasteiger partial charge in [0.2, 0.25) is 0 Å². The minimum absolute atomic E-state index is 0.173. The zero-order valence-corrected chi connectivity index (χ0v) is 11.6. The Balaban J connectivity index is 2.70. The van der Waals surface area contributed by atoms with E-state index in [4.69, 9.17) is 23.8 Å². The average Bonchev–Trinajstić information content (AvgIpc) is 2.73.